The second-order valence-corrected chi connectivity index (χ2v) is 6.94. The lowest BCUT2D eigenvalue weighted by molar-refractivity contribution is -0.121. The highest BCUT2D eigenvalue weighted by Gasteiger charge is 2.47. The van der Waals surface area contributed by atoms with Gasteiger partial charge in [0.1, 0.15) is 0 Å². The number of nitrogens with zero attached hydrogens (tertiary/aromatic N) is 1. The summed E-state index contributed by atoms with van der Waals surface area (Å²) < 4.78 is 5.79. The number of thiazole rings is 1. The van der Waals surface area contributed by atoms with Gasteiger partial charge in [-0.25, -0.2) is 4.98 Å². The van der Waals surface area contributed by atoms with Crippen LogP contribution in [-0.2, 0) is 16.0 Å². The minimum Gasteiger partial charge on any atom is -0.378 e. The highest BCUT2D eigenvalue weighted by atomic mass is 32.1. The zero-order valence-electron chi connectivity index (χ0n) is 12.0. The molecule has 1 saturated carbocycles. The Balaban J connectivity index is 1.46. The molecule has 0 spiro atoms. The number of rotatable bonds is 5. The van der Waals surface area contributed by atoms with Crippen molar-refractivity contribution in [1.29, 1.82) is 0 Å². The predicted molar refractivity (Wildman–Crippen MR) is 78.8 cm³/mol. The number of hydrogen-bond acceptors (Lipinski definition) is 4. The van der Waals surface area contributed by atoms with Gasteiger partial charge in [-0.3, -0.25) is 4.79 Å². The molecule has 0 unspecified atom stereocenters. The Morgan fingerprint density at radius 3 is 3.30 bits per heavy atom. The number of hydrogen-bond donors (Lipinski definition) is 1. The van der Waals surface area contributed by atoms with Crippen LogP contribution in [0.1, 0.15) is 42.7 Å². The van der Waals surface area contributed by atoms with Gasteiger partial charge in [-0.05, 0) is 32.6 Å². The Bertz CT molecular complexity index is 476. The molecule has 2 fully saturated rings. The SMILES string of the molecule is Cc1ncsc1CCC(=O)NC[C@]12CCC[C@H]1OCC2. The molecule has 1 N–H and O–H groups in total. The molecule has 2 heterocycles. The Kier molecular flexibility index (Phi) is 4.08. The molecule has 1 aliphatic heterocycles. The molecular weight excluding hydrogens is 272 g/mol. The molecule has 1 amide bonds. The monoisotopic (exact) mass is 294 g/mol. The van der Waals surface area contributed by atoms with Gasteiger partial charge in [0.05, 0.1) is 17.3 Å². The van der Waals surface area contributed by atoms with Gasteiger partial charge < -0.3 is 10.1 Å². The maximum atomic E-state index is 12.0. The third-order valence-corrected chi connectivity index (χ3v) is 5.80. The van der Waals surface area contributed by atoms with Gasteiger partial charge in [-0.15, -0.1) is 11.3 Å². The first kappa shape index (κ1) is 14.0. The third kappa shape index (κ3) is 2.74. The van der Waals surface area contributed by atoms with Crippen molar-refractivity contribution in [2.75, 3.05) is 13.2 Å². The zero-order valence-corrected chi connectivity index (χ0v) is 12.8. The van der Waals surface area contributed by atoms with Gasteiger partial charge in [0.2, 0.25) is 5.91 Å². The quantitative estimate of drug-likeness (QED) is 0.907. The van der Waals surface area contributed by atoms with E-state index in [9.17, 15) is 4.79 Å². The molecule has 20 heavy (non-hydrogen) atoms. The van der Waals surface area contributed by atoms with E-state index in [2.05, 4.69) is 10.3 Å². The van der Waals surface area contributed by atoms with E-state index in [0.29, 0.717) is 12.5 Å². The summed E-state index contributed by atoms with van der Waals surface area (Å²) in [5.74, 6) is 0.157. The number of amides is 1. The fourth-order valence-corrected chi connectivity index (χ4v) is 4.29. The van der Waals surface area contributed by atoms with Crippen molar-refractivity contribution in [2.24, 2.45) is 5.41 Å². The fourth-order valence-electron chi connectivity index (χ4n) is 3.50. The first-order valence-corrected chi connectivity index (χ1v) is 8.35. The Labute approximate surface area is 123 Å². The second-order valence-electron chi connectivity index (χ2n) is 6.00. The van der Waals surface area contributed by atoms with Crippen LogP contribution in [0.15, 0.2) is 5.51 Å². The molecule has 2 atom stereocenters. The van der Waals surface area contributed by atoms with Gasteiger partial charge in [-0.1, -0.05) is 6.42 Å². The number of nitrogens with one attached hydrogen (secondary N) is 1. The summed E-state index contributed by atoms with van der Waals surface area (Å²) in [6.07, 6.45) is 6.44. The maximum absolute atomic E-state index is 12.0. The number of ether oxygens (including phenoxy) is 1. The summed E-state index contributed by atoms with van der Waals surface area (Å²) in [5, 5.41) is 3.13. The molecule has 2 aliphatic rings. The fraction of sp³-hybridized carbons (Fsp3) is 0.733. The predicted octanol–water partition coefficient (Wildman–Crippen LogP) is 2.46. The normalized spacial score (nSPS) is 28.6. The smallest absolute Gasteiger partial charge is 0.220 e. The van der Waals surface area contributed by atoms with E-state index in [-0.39, 0.29) is 11.3 Å². The van der Waals surface area contributed by atoms with Crippen LogP contribution in [0.2, 0.25) is 0 Å². The molecule has 1 saturated heterocycles. The van der Waals surface area contributed by atoms with Crippen molar-refractivity contribution < 1.29 is 9.53 Å². The number of aromatic nitrogens is 1. The van der Waals surface area contributed by atoms with Crippen LogP contribution in [0.4, 0.5) is 0 Å². The molecule has 5 heteroatoms. The number of fused-ring (bicyclic) bond motifs is 1. The van der Waals surface area contributed by atoms with E-state index in [4.69, 9.17) is 4.74 Å². The summed E-state index contributed by atoms with van der Waals surface area (Å²) in [6.45, 7) is 3.65. The standard InChI is InChI=1S/C15H22N2O2S/c1-11-12(20-10-17-11)4-5-14(18)16-9-15-6-2-3-13(15)19-8-7-15/h10,13H,2-9H2,1H3,(H,16,18)/t13-,15-/m1/s1. The van der Waals surface area contributed by atoms with Crippen LogP contribution < -0.4 is 5.32 Å². The molecule has 1 aliphatic carbocycles. The average molecular weight is 294 g/mol. The molecule has 1 aromatic rings. The Morgan fingerprint density at radius 2 is 2.50 bits per heavy atom. The number of carbonyl (C=O) groups is 1. The van der Waals surface area contributed by atoms with Gasteiger partial charge in [0.25, 0.3) is 0 Å². The van der Waals surface area contributed by atoms with E-state index < -0.39 is 0 Å². The minimum absolute atomic E-state index is 0.157. The van der Waals surface area contributed by atoms with Crippen molar-refractivity contribution >= 4 is 17.2 Å². The van der Waals surface area contributed by atoms with Crippen LogP contribution in [0.5, 0.6) is 0 Å². The van der Waals surface area contributed by atoms with E-state index in [1.54, 1.807) is 11.3 Å². The van der Waals surface area contributed by atoms with Gasteiger partial charge in [0.15, 0.2) is 0 Å². The first-order valence-electron chi connectivity index (χ1n) is 7.47. The van der Waals surface area contributed by atoms with E-state index in [1.165, 1.54) is 17.7 Å². The number of aryl methyl sites for hydroxylation is 2. The highest BCUT2D eigenvalue weighted by Crippen LogP contribution is 2.46. The zero-order chi connectivity index (χ0) is 14.0. The van der Waals surface area contributed by atoms with Crippen molar-refractivity contribution in [3.05, 3.63) is 16.1 Å². The van der Waals surface area contributed by atoms with Crippen LogP contribution in [0.3, 0.4) is 0 Å². The van der Waals surface area contributed by atoms with Gasteiger partial charge >= 0.3 is 0 Å². The second kappa shape index (κ2) is 5.82. The minimum atomic E-state index is 0.157. The first-order chi connectivity index (χ1) is 9.70. The number of carbonyl (C=O) groups excluding carboxylic acids is 1. The van der Waals surface area contributed by atoms with Crippen molar-refractivity contribution in [2.45, 2.75) is 51.6 Å². The van der Waals surface area contributed by atoms with Crippen LogP contribution in [-0.4, -0.2) is 30.1 Å². The molecule has 0 aromatic carbocycles. The molecule has 110 valence electrons. The topological polar surface area (TPSA) is 51.2 Å². The van der Waals surface area contributed by atoms with Crippen LogP contribution >= 0.6 is 11.3 Å². The summed E-state index contributed by atoms with van der Waals surface area (Å²) >= 11 is 1.64. The largest absolute Gasteiger partial charge is 0.378 e. The lowest BCUT2D eigenvalue weighted by Crippen LogP contribution is -2.39. The van der Waals surface area contributed by atoms with Crippen molar-refractivity contribution in [3.63, 3.8) is 0 Å². The lowest BCUT2D eigenvalue weighted by atomic mass is 9.83. The molecular formula is C15H22N2O2S. The summed E-state index contributed by atoms with van der Waals surface area (Å²) in [4.78, 5) is 17.5. The van der Waals surface area contributed by atoms with Crippen LogP contribution in [0, 0.1) is 12.3 Å². The molecule has 0 radical (unpaired) electrons. The third-order valence-electron chi connectivity index (χ3n) is 4.80. The molecule has 0 bridgehead atoms. The maximum Gasteiger partial charge on any atom is 0.220 e. The summed E-state index contributed by atoms with van der Waals surface area (Å²) in [7, 11) is 0. The van der Waals surface area contributed by atoms with Crippen LogP contribution in [0.25, 0.3) is 0 Å². The van der Waals surface area contributed by atoms with Gasteiger partial charge in [0, 0.05) is 29.9 Å². The molecule has 3 rings (SSSR count). The molecule has 4 nitrogen and oxygen atoms in total. The summed E-state index contributed by atoms with van der Waals surface area (Å²) in [5.41, 5.74) is 3.14. The van der Waals surface area contributed by atoms with E-state index in [0.717, 1.165) is 38.1 Å². The average Bonchev–Trinajstić information content (AvgIpc) is 3.09. The van der Waals surface area contributed by atoms with Crippen molar-refractivity contribution in [1.82, 2.24) is 10.3 Å². The van der Waals surface area contributed by atoms with E-state index in [1.807, 2.05) is 12.4 Å². The summed E-state index contributed by atoms with van der Waals surface area (Å²) in [6, 6.07) is 0. The Morgan fingerprint density at radius 1 is 1.60 bits per heavy atom. The Hall–Kier alpha value is -0.940. The lowest BCUT2D eigenvalue weighted by Gasteiger charge is -2.27. The molecule has 1 aromatic heterocycles. The van der Waals surface area contributed by atoms with Crippen molar-refractivity contribution in [3.8, 4) is 0 Å². The van der Waals surface area contributed by atoms with E-state index >= 15 is 0 Å². The highest BCUT2D eigenvalue weighted by molar-refractivity contribution is 7.09. The van der Waals surface area contributed by atoms with Gasteiger partial charge in [-0.2, -0.15) is 0 Å².